The maximum absolute atomic E-state index is 14.5. The number of benzene rings is 2. The van der Waals surface area contributed by atoms with E-state index in [1.807, 2.05) is 13.0 Å². The monoisotopic (exact) mass is 419 g/mol. The van der Waals surface area contributed by atoms with Gasteiger partial charge in [0.1, 0.15) is 5.82 Å². The number of carbonyl (C=O) groups excluding carboxylic acids is 1. The fourth-order valence-electron chi connectivity index (χ4n) is 3.60. The minimum absolute atomic E-state index is 0.0234. The van der Waals surface area contributed by atoms with Crippen LogP contribution in [-0.2, 0) is 27.8 Å². The molecule has 8 heteroatoms. The number of hydrogen-bond acceptors (Lipinski definition) is 4. The average Bonchev–Trinajstić information content (AvgIpc) is 2.66. The Labute approximate surface area is 171 Å². The first-order chi connectivity index (χ1) is 13.7. The molecule has 0 spiro atoms. The first kappa shape index (κ1) is 21.3. The van der Waals surface area contributed by atoms with Gasteiger partial charge < -0.3 is 10.2 Å². The predicted molar refractivity (Wildman–Crippen MR) is 111 cm³/mol. The number of anilines is 1. The van der Waals surface area contributed by atoms with Crippen LogP contribution in [0.5, 0.6) is 0 Å². The molecule has 0 unspecified atom stereocenters. The largest absolute Gasteiger partial charge is 0.360 e. The Balaban J connectivity index is 1.72. The van der Waals surface area contributed by atoms with E-state index >= 15 is 0 Å². The Bertz CT molecular complexity index is 1020. The van der Waals surface area contributed by atoms with E-state index in [-0.39, 0.29) is 29.7 Å². The van der Waals surface area contributed by atoms with E-state index < -0.39 is 10.0 Å². The minimum Gasteiger partial charge on any atom is -0.360 e. The highest BCUT2D eigenvalue weighted by Gasteiger charge is 2.24. The van der Waals surface area contributed by atoms with Gasteiger partial charge in [-0.05, 0) is 48.6 Å². The van der Waals surface area contributed by atoms with Gasteiger partial charge in [0.2, 0.25) is 15.9 Å². The summed E-state index contributed by atoms with van der Waals surface area (Å²) in [6.45, 7) is 2.56. The van der Waals surface area contributed by atoms with Crippen LogP contribution in [0, 0.1) is 12.7 Å². The Morgan fingerprint density at radius 1 is 1.24 bits per heavy atom. The smallest absolute Gasteiger partial charge is 0.242 e. The molecule has 0 aromatic heterocycles. The molecule has 0 saturated heterocycles. The lowest BCUT2D eigenvalue weighted by molar-refractivity contribution is -0.120. The van der Waals surface area contributed by atoms with E-state index in [2.05, 4.69) is 5.32 Å². The fraction of sp³-hybridized carbons (Fsp3) is 0.381. The van der Waals surface area contributed by atoms with Gasteiger partial charge in [0.25, 0.3) is 0 Å². The number of fused-ring (bicyclic) bond motifs is 1. The summed E-state index contributed by atoms with van der Waals surface area (Å²) < 4.78 is 40.6. The molecule has 2 aromatic carbocycles. The number of amides is 1. The summed E-state index contributed by atoms with van der Waals surface area (Å²) in [5.74, 6) is -0.593. The first-order valence-electron chi connectivity index (χ1n) is 9.51. The molecule has 3 rings (SSSR count). The van der Waals surface area contributed by atoms with E-state index in [1.165, 1.54) is 26.2 Å². The molecule has 0 bridgehead atoms. The van der Waals surface area contributed by atoms with Crippen molar-refractivity contribution in [1.82, 2.24) is 9.62 Å². The van der Waals surface area contributed by atoms with Crippen molar-refractivity contribution in [2.45, 2.75) is 31.2 Å². The summed E-state index contributed by atoms with van der Waals surface area (Å²) in [6.07, 6.45) is 1.65. The van der Waals surface area contributed by atoms with Gasteiger partial charge in [-0.25, -0.2) is 17.1 Å². The molecule has 2 aromatic rings. The van der Waals surface area contributed by atoms with Crippen LogP contribution < -0.4 is 10.2 Å². The summed E-state index contributed by atoms with van der Waals surface area (Å²) >= 11 is 0. The number of sulfonamides is 1. The molecule has 1 heterocycles. The highest BCUT2D eigenvalue weighted by Crippen LogP contribution is 2.31. The zero-order chi connectivity index (χ0) is 21.2. The van der Waals surface area contributed by atoms with Crippen molar-refractivity contribution in [2.75, 3.05) is 32.1 Å². The van der Waals surface area contributed by atoms with Crippen LogP contribution in [0.3, 0.4) is 0 Å². The van der Waals surface area contributed by atoms with Gasteiger partial charge in [-0.15, -0.1) is 0 Å². The molecule has 156 valence electrons. The molecule has 1 aliphatic rings. The Hall–Kier alpha value is -2.45. The number of aryl methyl sites for hydroxylation is 2. The zero-order valence-electron chi connectivity index (χ0n) is 16.9. The van der Waals surface area contributed by atoms with Crippen molar-refractivity contribution in [1.29, 1.82) is 0 Å². The van der Waals surface area contributed by atoms with E-state index in [0.717, 1.165) is 28.3 Å². The van der Waals surface area contributed by atoms with Crippen LogP contribution in [0.1, 0.15) is 23.1 Å². The second kappa shape index (κ2) is 8.51. The van der Waals surface area contributed by atoms with Crippen LogP contribution >= 0.6 is 0 Å². The van der Waals surface area contributed by atoms with Gasteiger partial charge in [0.05, 0.1) is 17.1 Å². The van der Waals surface area contributed by atoms with Crippen molar-refractivity contribution in [3.05, 3.63) is 58.9 Å². The number of halogens is 1. The van der Waals surface area contributed by atoms with Crippen LogP contribution in [0.2, 0.25) is 0 Å². The van der Waals surface area contributed by atoms with E-state index in [1.54, 1.807) is 23.1 Å². The van der Waals surface area contributed by atoms with Crippen molar-refractivity contribution in [3.8, 4) is 0 Å². The third kappa shape index (κ3) is 4.59. The summed E-state index contributed by atoms with van der Waals surface area (Å²) in [5.41, 5.74) is 2.79. The second-order valence-electron chi connectivity index (χ2n) is 7.45. The van der Waals surface area contributed by atoms with Gasteiger partial charge in [0, 0.05) is 27.2 Å². The third-order valence-electron chi connectivity index (χ3n) is 5.02. The number of hydrogen-bond donors (Lipinski definition) is 1. The van der Waals surface area contributed by atoms with Crippen LogP contribution in [0.25, 0.3) is 0 Å². The number of rotatable bonds is 6. The molecular weight excluding hydrogens is 393 g/mol. The SMILES string of the molecule is Cc1cc(F)c2c(c1)CCCN2CC(=O)NCc1ccccc1S(=O)(=O)N(C)C. The molecule has 0 atom stereocenters. The number of nitrogens with zero attached hydrogens (tertiary/aromatic N) is 2. The number of nitrogens with one attached hydrogen (secondary N) is 1. The first-order valence-corrected chi connectivity index (χ1v) is 10.9. The van der Waals surface area contributed by atoms with Crippen molar-refractivity contribution >= 4 is 21.6 Å². The van der Waals surface area contributed by atoms with Crippen LogP contribution in [0.15, 0.2) is 41.3 Å². The van der Waals surface area contributed by atoms with Crippen LogP contribution in [-0.4, -0.2) is 45.8 Å². The summed E-state index contributed by atoms with van der Waals surface area (Å²) in [6, 6.07) is 10.0. The lowest BCUT2D eigenvalue weighted by atomic mass is 9.99. The summed E-state index contributed by atoms with van der Waals surface area (Å²) in [7, 11) is -0.676. The third-order valence-corrected chi connectivity index (χ3v) is 6.93. The molecule has 1 N–H and O–H groups in total. The topological polar surface area (TPSA) is 69.7 Å². The van der Waals surface area contributed by atoms with Crippen LogP contribution in [0.4, 0.5) is 10.1 Å². The highest BCUT2D eigenvalue weighted by molar-refractivity contribution is 7.89. The normalized spacial score (nSPS) is 14.0. The Morgan fingerprint density at radius 3 is 2.69 bits per heavy atom. The molecule has 0 saturated carbocycles. The molecular formula is C21H26FN3O3S. The quantitative estimate of drug-likeness (QED) is 0.781. The Morgan fingerprint density at radius 2 is 1.97 bits per heavy atom. The standard InChI is InChI=1S/C21H26FN3O3S/c1-15-11-16-8-6-10-25(21(16)18(22)12-15)14-20(26)23-13-17-7-4-5-9-19(17)29(27,28)24(2)3/h4-5,7,9,11-12H,6,8,10,13-14H2,1-3H3,(H,23,26). The van der Waals surface area contributed by atoms with E-state index in [9.17, 15) is 17.6 Å². The van der Waals surface area contributed by atoms with Crippen molar-refractivity contribution in [2.24, 2.45) is 0 Å². The van der Waals surface area contributed by atoms with E-state index in [0.29, 0.717) is 17.8 Å². The number of carbonyl (C=O) groups is 1. The van der Waals surface area contributed by atoms with E-state index in [4.69, 9.17) is 0 Å². The van der Waals surface area contributed by atoms with Gasteiger partial charge >= 0.3 is 0 Å². The summed E-state index contributed by atoms with van der Waals surface area (Å²) in [4.78, 5) is 14.4. The average molecular weight is 420 g/mol. The fourth-order valence-corrected chi connectivity index (χ4v) is 4.72. The lowest BCUT2D eigenvalue weighted by Crippen LogP contribution is -2.40. The predicted octanol–water partition coefficient (Wildman–Crippen LogP) is 2.45. The molecule has 6 nitrogen and oxygen atoms in total. The molecule has 1 aliphatic heterocycles. The minimum atomic E-state index is -3.61. The van der Waals surface area contributed by atoms with Gasteiger partial charge in [0.15, 0.2) is 0 Å². The maximum atomic E-state index is 14.5. The molecule has 0 fully saturated rings. The van der Waals surface area contributed by atoms with Gasteiger partial charge in [-0.3, -0.25) is 4.79 Å². The van der Waals surface area contributed by atoms with Gasteiger partial charge in [-0.1, -0.05) is 24.3 Å². The van der Waals surface area contributed by atoms with Crippen molar-refractivity contribution in [3.63, 3.8) is 0 Å². The van der Waals surface area contributed by atoms with Crippen molar-refractivity contribution < 1.29 is 17.6 Å². The maximum Gasteiger partial charge on any atom is 0.242 e. The zero-order valence-corrected chi connectivity index (χ0v) is 17.7. The molecule has 29 heavy (non-hydrogen) atoms. The molecule has 0 radical (unpaired) electrons. The molecule has 1 amide bonds. The summed E-state index contributed by atoms with van der Waals surface area (Å²) in [5, 5.41) is 2.77. The Kier molecular flexibility index (Phi) is 6.24. The second-order valence-corrected chi connectivity index (χ2v) is 9.57. The van der Waals surface area contributed by atoms with Gasteiger partial charge in [-0.2, -0.15) is 0 Å². The highest BCUT2D eigenvalue weighted by atomic mass is 32.2. The molecule has 0 aliphatic carbocycles. The lowest BCUT2D eigenvalue weighted by Gasteiger charge is -2.31.